The van der Waals surface area contributed by atoms with Crippen LogP contribution >= 0.6 is 0 Å². The van der Waals surface area contributed by atoms with Crippen LogP contribution in [0.1, 0.15) is 18.9 Å². The summed E-state index contributed by atoms with van der Waals surface area (Å²) in [6.07, 6.45) is 2.25. The van der Waals surface area contributed by atoms with Crippen molar-refractivity contribution in [2.24, 2.45) is 5.92 Å². The van der Waals surface area contributed by atoms with E-state index in [1.807, 2.05) is 37.3 Å². The van der Waals surface area contributed by atoms with Gasteiger partial charge in [0.1, 0.15) is 0 Å². The van der Waals surface area contributed by atoms with Gasteiger partial charge in [0.05, 0.1) is 0 Å². The van der Waals surface area contributed by atoms with E-state index in [4.69, 9.17) is 5.11 Å². The van der Waals surface area contributed by atoms with E-state index in [9.17, 15) is 14.4 Å². The van der Waals surface area contributed by atoms with Crippen LogP contribution in [0.2, 0.25) is 0 Å². The maximum absolute atomic E-state index is 12.0. The van der Waals surface area contributed by atoms with Crippen LogP contribution in [-0.4, -0.2) is 22.9 Å². The lowest BCUT2D eigenvalue weighted by Gasteiger charge is -2.12. The molecule has 6 nitrogen and oxygen atoms in total. The number of hydrogen-bond donors (Lipinski definition) is 3. The molecule has 1 aromatic carbocycles. The SMILES string of the molecule is C[C@@]1(c2ccccc2)C[C@@H]1C(=O)NNC(=O)/C=C\C(=O)O. The summed E-state index contributed by atoms with van der Waals surface area (Å²) in [4.78, 5) is 33.5. The molecule has 0 saturated heterocycles. The Balaban J connectivity index is 1.86. The van der Waals surface area contributed by atoms with E-state index in [2.05, 4.69) is 10.9 Å². The largest absolute Gasteiger partial charge is 0.478 e. The van der Waals surface area contributed by atoms with E-state index in [1.54, 1.807) is 0 Å². The third-order valence-electron chi connectivity index (χ3n) is 3.67. The molecule has 1 aliphatic carbocycles. The molecule has 3 N–H and O–H groups in total. The Morgan fingerprint density at radius 2 is 1.86 bits per heavy atom. The smallest absolute Gasteiger partial charge is 0.328 e. The van der Waals surface area contributed by atoms with Crippen molar-refractivity contribution in [3.63, 3.8) is 0 Å². The van der Waals surface area contributed by atoms with Crippen LogP contribution in [0.15, 0.2) is 42.5 Å². The number of nitrogens with one attached hydrogen (secondary N) is 2. The Morgan fingerprint density at radius 3 is 2.48 bits per heavy atom. The molecule has 1 saturated carbocycles. The molecule has 0 radical (unpaired) electrons. The lowest BCUT2D eigenvalue weighted by Crippen LogP contribution is -2.42. The van der Waals surface area contributed by atoms with Crippen molar-refractivity contribution in [3.8, 4) is 0 Å². The summed E-state index contributed by atoms with van der Waals surface area (Å²) in [5, 5.41) is 8.38. The first-order valence-electron chi connectivity index (χ1n) is 6.50. The third-order valence-corrected chi connectivity index (χ3v) is 3.67. The number of benzene rings is 1. The Labute approximate surface area is 121 Å². The van der Waals surface area contributed by atoms with Crippen LogP contribution in [0.3, 0.4) is 0 Å². The highest BCUT2D eigenvalue weighted by atomic mass is 16.4. The van der Waals surface area contributed by atoms with E-state index in [-0.39, 0.29) is 17.2 Å². The molecule has 0 unspecified atom stereocenters. The molecule has 2 atom stereocenters. The van der Waals surface area contributed by atoms with Crippen LogP contribution in [0.25, 0.3) is 0 Å². The van der Waals surface area contributed by atoms with Crippen LogP contribution in [0.5, 0.6) is 0 Å². The van der Waals surface area contributed by atoms with E-state index in [0.29, 0.717) is 12.5 Å². The predicted molar refractivity (Wildman–Crippen MR) is 75.0 cm³/mol. The minimum Gasteiger partial charge on any atom is -0.478 e. The number of rotatable bonds is 4. The molecule has 110 valence electrons. The quantitative estimate of drug-likeness (QED) is 0.563. The normalized spacial score (nSPS) is 23.6. The number of aliphatic carboxylic acids is 1. The zero-order valence-corrected chi connectivity index (χ0v) is 11.5. The molecule has 1 aromatic rings. The number of carboxylic acids is 1. The van der Waals surface area contributed by atoms with Crippen LogP contribution in [0, 0.1) is 5.92 Å². The van der Waals surface area contributed by atoms with Gasteiger partial charge in [-0.05, 0) is 12.0 Å². The van der Waals surface area contributed by atoms with E-state index in [0.717, 1.165) is 11.6 Å². The van der Waals surface area contributed by atoms with Gasteiger partial charge in [-0.2, -0.15) is 0 Å². The standard InChI is InChI=1S/C15H16N2O4/c1-15(10-5-3-2-4-6-10)9-11(15)14(21)17-16-12(18)7-8-13(19)20/h2-8,11H,9H2,1H3,(H,16,18)(H,17,21)(H,19,20)/b8-7-/t11-,15+/m1/s1. The van der Waals surface area contributed by atoms with Crippen LogP contribution in [-0.2, 0) is 19.8 Å². The summed E-state index contributed by atoms with van der Waals surface area (Å²) in [5.41, 5.74) is 5.34. The zero-order chi connectivity index (χ0) is 15.5. The number of carbonyl (C=O) groups is 3. The summed E-state index contributed by atoms with van der Waals surface area (Å²) in [7, 11) is 0. The van der Waals surface area contributed by atoms with Gasteiger partial charge in [-0.15, -0.1) is 0 Å². The van der Waals surface area contributed by atoms with Gasteiger partial charge in [0, 0.05) is 23.5 Å². The maximum atomic E-state index is 12.0. The molecular weight excluding hydrogens is 272 g/mol. The zero-order valence-electron chi connectivity index (χ0n) is 11.5. The van der Waals surface area contributed by atoms with E-state index >= 15 is 0 Å². The Kier molecular flexibility index (Phi) is 4.07. The molecule has 0 bridgehead atoms. The molecule has 21 heavy (non-hydrogen) atoms. The number of carbonyl (C=O) groups excluding carboxylic acids is 2. The molecule has 0 spiro atoms. The average Bonchev–Trinajstić information content (AvgIpc) is 3.17. The number of amides is 2. The van der Waals surface area contributed by atoms with Crippen LogP contribution in [0.4, 0.5) is 0 Å². The number of hydrogen-bond acceptors (Lipinski definition) is 3. The van der Waals surface area contributed by atoms with E-state index < -0.39 is 11.9 Å². The first-order valence-corrected chi connectivity index (χ1v) is 6.50. The molecule has 6 heteroatoms. The van der Waals surface area contributed by atoms with Gasteiger partial charge in [-0.1, -0.05) is 37.3 Å². The first-order chi connectivity index (χ1) is 9.93. The predicted octanol–water partition coefficient (Wildman–Crippen LogP) is 0.752. The lowest BCUT2D eigenvalue weighted by atomic mass is 9.95. The summed E-state index contributed by atoms with van der Waals surface area (Å²) in [6.45, 7) is 2.00. The fraction of sp³-hybridized carbons (Fsp3) is 0.267. The van der Waals surface area contributed by atoms with Gasteiger partial charge in [-0.3, -0.25) is 20.4 Å². The van der Waals surface area contributed by atoms with E-state index in [1.165, 1.54) is 0 Å². The molecule has 1 aliphatic rings. The summed E-state index contributed by atoms with van der Waals surface area (Å²) in [5.74, 6) is -2.40. The van der Waals surface area contributed by atoms with Gasteiger partial charge in [-0.25, -0.2) is 4.79 Å². The Bertz CT molecular complexity index is 597. The molecule has 0 heterocycles. The van der Waals surface area contributed by atoms with Crippen molar-refractivity contribution in [1.82, 2.24) is 10.9 Å². The average molecular weight is 288 g/mol. The molecule has 1 fully saturated rings. The number of carboxylic acid groups (broad SMARTS) is 1. The van der Waals surface area contributed by atoms with Gasteiger partial charge >= 0.3 is 5.97 Å². The van der Waals surface area contributed by atoms with Crippen molar-refractivity contribution >= 4 is 17.8 Å². The summed E-state index contributed by atoms with van der Waals surface area (Å²) >= 11 is 0. The summed E-state index contributed by atoms with van der Waals surface area (Å²) in [6, 6.07) is 9.71. The second-order valence-corrected chi connectivity index (χ2v) is 5.19. The van der Waals surface area contributed by atoms with Crippen molar-refractivity contribution in [1.29, 1.82) is 0 Å². The first kappa shape index (κ1) is 14.8. The van der Waals surface area contributed by atoms with Crippen LogP contribution < -0.4 is 10.9 Å². The Morgan fingerprint density at radius 1 is 1.19 bits per heavy atom. The lowest BCUT2D eigenvalue weighted by molar-refractivity contribution is -0.131. The maximum Gasteiger partial charge on any atom is 0.328 e. The second kappa shape index (κ2) is 5.78. The minimum atomic E-state index is -1.23. The monoisotopic (exact) mass is 288 g/mol. The van der Waals surface area contributed by atoms with Gasteiger partial charge in [0.2, 0.25) is 5.91 Å². The highest BCUT2D eigenvalue weighted by molar-refractivity contribution is 5.95. The van der Waals surface area contributed by atoms with Crippen molar-refractivity contribution in [2.75, 3.05) is 0 Å². The fourth-order valence-electron chi connectivity index (χ4n) is 2.28. The highest BCUT2D eigenvalue weighted by Gasteiger charge is 2.55. The topological polar surface area (TPSA) is 95.5 Å². The molecule has 2 rings (SSSR count). The highest BCUT2D eigenvalue weighted by Crippen LogP contribution is 2.53. The van der Waals surface area contributed by atoms with Gasteiger partial charge in [0.15, 0.2) is 0 Å². The second-order valence-electron chi connectivity index (χ2n) is 5.19. The van der Waals surface area contributed by atoms with Gasteiger partial charge < -0.3 is 5.11 Å². The third kappa shape index (κ3) is 3.47. The number of hydrazine groups is 1. The molecular formula is C15H16N2O4. The van der Waals surface area contributed by atoms with Crippen molar-refractivity contribution in [2.45, 2.75) is 18.8 Å². The Hall–Kier alpha value is -2.63. The van der Waals surface area contributed by atoms with Gasteiger partial charge in [0.25, 0.3) is 5.91 Å². The van der Waals surface area contributed by atoms with Crippen molar-refractivity contribution in [3.05, 3.63) is 48.0 Å². The fourth-order valence-corrected chi connectivity index (χ4v) is 2.28. The minimum absolute atomic E-state index is 0.205. The molecule has 0 aliphatic heterocycles. The summed E-state index contributed by atoms with van der Waals surface area (Å²) < 4.78 is 0. The molecule has 0 aromatic heterocycles. The van der Waals surface area contributed by atoms with Crippen molar-refractivity contribution < 1.29 is 19.5 Å². The molecule has 2 amide bonds.